The van der Waals surface area contributed by atoms with Gasteiger partial charge in [-0.15, -0.1) is 0 Å². The van der Waals surface area contributed by atoms with Crippen LogP contribution in [0.1, 0.15) is 24.7 Å². The Morgan fingerprint density at radius 3 is 2.81 bits per heavy atom. The number of aliphatic hydroxyl groups is 5. The summed E-state index contributed by atoms with van der Waals surface area (Å²) in [5.41, 5.74) is -1.55. The van der Waals surface area contributed by atoms with Gasteiger partial charge in [-0.05, 0) is 51.2 Å². The number of aryl methyl sites for hydroxylation is 1. The second-order valence-corrected chi connectivity index (χ2v) is 11.5. The van der Waals surface area contributed by atoms with Gasteiger partial charge in [0.15, 0.2) is 5.43 Å². The minimum Gasteiger partial charge on any atom is -0.484 e. The molecule has 0 amide bonds. The molecule has 5 rings (SSSR count). The van der Waals surface area contributed by atoms with Crippen LogP contribution in [0.4, 0.5) is 0 Å². The van der Waals surface area contributed by atoms with E-state index in [0.29, 0.717) is 47.4 Å². The fourth-order valence-electron chi connectivity index (χ4n) is 5.73. The van der Waals surface area contributed by atoms with Crippen LogP contribution in [0.25, 0.3) is 11.0 Å². The number of ether oxygens (including phenoxy) is 1. The molecule has 1 aromatic carbocycles. The van der Waals surface area contributed by atoms with E-state index in [0.717, 1.165) is 5.71 Å². The summed E-state index contributed by atoms with van der Waals surface area (Å²) in [6.45, 7) is 2.42. The Hall–Kier alpha value is -3.14. The number of rotatable bonds is 13. The minimum atomic E-state index is -2.34. The monoisotopic (exact) mass is 601 g/mol. The number of nitrogens with one attached hydrogen (secondary N) is 1. The molecular formula is C30H39N3O10. The van der Waals surface area contributed by atoms with Crippen molar-refractivity contribution in [3.63, 3.8) is 0 Å². The predicted octanol–water partition coefficient (Wildman–Crippen LogP) is -0.306. The Bertz CT molecular complexity index is 1470. The van der Waals surface area contributed by atoms with Crippen molar-refractivity contribution in [1.82, 2.24) is 10.2 Å². The Morgan fingerprint density at radius 2 is 2.07 bits per heavy atom. The van der Waals surface area contributed by atoms with E-state index >= 15 is 0 Å². The molecule has 13 heteroatoms. The molecule has 3 aliphatic heterocycles. The van der Waals surface area contributed by atoms with Crippen molar-refractivity contribution < 1.29 is 44.5 Å². The summed E-state index contributed by atoms with van der Waals surface area (Å²) < 4.78 is 12.2. The average molecular weight is 602 g/mol. The number of hydrogen-bond donors (Lipinski definition) is 6. The molecule has 0 saturated heterocycles. The minimum absolute atomic E-state index is 0.177. The van der Waals surface area contributed by atoms with Gasteiger partial charge in [0.25, 0.3) is 0 Å². The number of hydrogen-bond acceptors (Lipinski definition) is 13. The number of fused-ring (bicyclic) bond motifs is 3. The topological polar surface area (TPSA) is 187 Å². The molecule has 13 nitrogen and oxygen atoms in total. The molecule has 7 atom stereocenters. The van der Waals surface area contributed by atoms with Gasteiger partial charge in [0.05, 0.1) is 30.3 Å². The second kappa shape index (κ2) is 12.5. The third kappa shape index (κ3) is 6.12. The van der Waals surface area contributed by atoms with E-state index in [1.807, 2.05) is 14.0 Å². The van der Waals surface area contributed by atoms with Gasteiger partial charge in [-0.25, -0.2) is 9.78 Å². The molecule has 0 bridgehead atoms. The highest BCUT2D eigenvalue weighted by Gasteiger charge is 2.49. The first-order valence-electron chi connectivity index (χ1n) is 14.2. The molecule has 0 fully saturated rings. The van der Waals surface area contributed by atoms with Gasteiger partial charge in [-0.2, -0.15) is 0 Å². The fraction of sp³-hybridized carbons (Fsp3) is 0.533. The number of nitrogens with zero attached hydrogens (tertiary/aromatic N) is 2. The number of aliphatic imine (C=N–C) groups is 1. The standard InChI is InChI=1S/C30H39N3O10/c1-17-10-22(35)19-11-18-12-27(29(2,6-8-31-3)42-24(18)13-25(19)41-17)43-40-15-26(37)30(39,28(38)23(36)14-34)16-33-9-5-20-21(33)4-7-32-20/h4-5,7,9-11,13,21,23,26-28,31,34,36-39H,6,8,12,14-16H2,1-3H3. The number of aliphatic hydroxyl groups excluding tert-OH is 4. The molecule has 6 N–H and O–H groups in total. The summed E-state index contributed by atoms with van der Waals surface area (Å²) >= 11 is 0. The molecule has 1 aromatic heterocycles. The summed E-state index contributed by atoms with van der Waals surface area (Å²) in [5.74, 6) is 1.04. The third-order valence-corrected chi connectivity index (χ3v) is 8.41. The van der Waals surface area contributed by atoms with E-state index in [1.54, 1.807) is 48.5 Å². The van der Waals surface area contributed by atoms with E-state index in [-0.39, 0.29) is 18.0 Å². The molecule has 3 aliphatic rings. The summed E-state index contributed by atoms with van der Waals surface area (Å²) in [6, 6.07) is 4.53. The van der Waals surface area contributed by atoms with Crippen molar-refractivity contribution in [2.24, 2.45) is 4.99 Å². The Labute approximate surface area is 248 Å². The molecule has 234 valence electrons. The third-order valence-electron chi connectivity index (χ3n) is 8.41. The number of β-amino-alcohol motifs (C(OH)–C–C–N with tert-alkyl or cyclic N) is 1. The van der Waals surface area contributed by atoms with Gasteiger partial charge in [0, 0.05) is 37.4 Å². The van der Waals surface area contributed by atoms with Crippen LogP contribution >= 0.6 is 0 Å². The molecule has 43 heavy (non-hydrogen) atoms. The van der Waals surface area contributed by atoms with Crippen LogP contribution < -0.4 is 15.5 Å². The van der Waals surface area contributed by atoms with E-state index in [1.165, 1.54) is 6.07 Å². The fourth-order valence-corrected chi connectivity index (χ4v) is 5.73. The molecule has 4 heterocycles. The Morgan fingerprint density at radius 1 is 1.28 bits per heavy atom. The first-order chi connectivity index (χ1) is 20.5. The van der Waals surface area contributed by atoms with Crippen LogP contribution in [0.15, 0.2) is 57.0 Å². The lowest BCUT2D eigenvalue weighted by molar-refractivity contribution is -0.364. The largest absolute Gasteiger partial charge is 0.484 e. The summed E-state index contributed by atoms with van der Waals surface area (Å²) in [6.07, 6.45) is 1.53. The molecule has 2 aromatic rings. The van der Waals surface area contributed by atoms with Gasteiger partial charge >= 0.3 is 0 Å². The molecular weight excluding hydrogens is 562 g/mol. The molecule has 0 radical (unpaired) electrons. The second-order valence-electron chi connectivity index (χ2n) is 11.5. The smallest absolute Gasteiger partial charge is 0.192 e. The van der Waals surface area contributed by atoms with E-state index < -0.39 is 48.8 Å². The van der Waals surface area contributed by atoms with Crippen LogP contribution in [-0.4, -0.2) is 111 Å². The van der Waals surface area contributed by atoms with Crippen molar-refractivity contribution >= 4 is 16.7 Å². The van der Waals surface area contributed by atoms with Crippen molar-refractivity contribution in [1.29, 1.82) is 0 Å². The first-order valence-corrected chi connectivity index (χ1v) is 14.2. The zero-order chi connectivity index (χ0) is 30.9. The van der Waals surface area contributed by atoms with Crippen LogP contribution in [-0.2, 0) is 16.2 Å². The average Bonchev–Trinajstić information content (AvgIpc) is 3.60. The van der Waals surface area contributed by atoms with Crippen LogP contribution in [0.2, 0.25) is 0 Å². The van der Waals surface area contributed by atoms with E-state index in [4.69, 9.17) is 18.9 Å². The highest BCUT2D eigenvalue weighted by Crippen LogP contribution is 2.39. The van der Waals surface area contributed by atoms with E-state index in [9.17, 15) is 30.3 Å². The lowest BCUT2D eigenvalue weighted by Crippen LogP contribution is -2.64. The normalized spacial score (nSPS) is 26.0. The predicted molar refractivity (Wildman–Crippen MR) is 156 cm³/mol. The van der Waals surface area contributed by atoms with Crippen molar-refractivity contribution in [2.75, 3.05) is 33.4 Å². The van der Waals surface area contributed by atoms with E-state index in [2.05, 4.69) is 10.3 Å². The maximum Gasteiger partial charge on any atom is 0.192 e. The lowest BCUT2D eigenvalue weighted by atomic mass is 9.86. The van der Waals surface area contributed by atoms with Crippen molar-refractivity contribution in [2.45, 2.75) is 68.3 Å². The SMILES string of the molecule is CNCCC1(C)Oc2cc3oc(C)cc(=O)c3cc2CC1OOCC(O)C(O)(CN1C=CC2=NC=CC21)C(O)C(O)CO. The quantitative estimate of drug-likeness (QED) is 0.130. The summed E-state index contributed by atoms with van der Waals surface area (Å²) in [5, 5.41) is 56.6. The van der Waals surface area contributed by atoms with Crippen LogP contribution in [0.5, 0.6) is 5.75 Å². The van der Waals surface area contributed by atoms with Gasteiger partial charge in [0.1, 0.15) is 59.3 Å². The summed E-state index contributed by atoms with van der Waals surface area (Å²) in [4.78, 5) is 29.8. The van der Waals surface area contributed by atoms with Crippen molar-refractivity contribution in [3.8, 4) is 5.75 Å². The van der Waals surface area contributed by atoms with Gasteiger partial charge in [-0.1, -0.05) is 0 Å². The van der Waals surface area contributed by atoms with Crippen LogP contribution in [0.3, 0.4) is 0 Å². The van der Waals surface area contributed by atoms with Gasteiger partial charge in [0.2, 0.25) is 0 Å². The first kappa shape index (κ1) is 31.3. The summed E-state index contributed by atoms with van der Waals surface area (Å²) in [7, 11) is 1.81. The Balaban J connectivity index is 1.33. The van der Waals surface area contributed by atoms with Gasteiger partial charge in [-0.3, -0.25) is 9.79 Å². The Kier molecular flexibility index (Phi) is 9.07. The zero-order valence-electron chi connectivity index (χ0n) is 24.3. The van der Waals surface area contributed by atoms with Gasteiger partial charge < -0.3 is 44.9 Å². The molecule has 7 unspecified atom stereocenters. The highest BCUT2D eigenvalue weighted by atomic mass is 17.2. The molecule has 0 aliphatic carbocycles. The number of benzene rings is 1. The zero-order valence-corrected chi connectivity index (χ0v) is 24.3. The molecule has 0 spiro atoms. The lowest BCUT2D eigenvalue weighted by Gasteiger charge is -2.43. The van der Waals surface area contributed by atoms with Crippen molar-refractivity contribution in [3.05, 3.63) is 64.3 Å². The highest BCUT2D eigenvalue weighted by molar-refractivity contribution is 6.04. The maximum atomic E-state index is 12.6. The molecule has 0 saturated carbocycles. The van der Waals surface area contributed by atoms with Crippen LogP contribution in [0, 0.1) is 6.92 Å². The maximum absolute atomic E-state index is 12.6.